The molecule has 2 heterocycles. The quantitative estimate of drug-likeness (QED) is 0.568. The van der Waals surface area contributed by atoms with E-state index in [1.54, 1.807) is 6.07 Å². The van der Waals surface area contributed by atoms with Gasteiger partial charge in [0.05, 0.1) is 17.3 Å². The Balaban J connectivity index is 1.49. The van der Waals surface area contributed by atoms with E-state index < -0.39 is 11.5 Å². The molecule has 3 rings (SSSR count). The Morgan fingerprint density at radius 1 is 1.12 bits per heavy atom. The number of anilines is 2. The lowest BCUT2D eigenvalue weighted by atomic mass is 10.2. The van der Waals surface area contributed by atoms with Crippen molar-refractivity contribution in [2.45, 2.75) is 38.0 Å². The number of nitrogens with one attached hydrogen (secondary N) is 2. The fourth-order valence-corrected chi connectivity index (χ4v) is 2.77. The van der Waals surface area contributed by atoms with E-state index in [2.05, 4.69) is 30.3 Å². The average Bonchev–Trinajstić information content (AvgIpc) is 3.03. The Bertz CT molecular complexity index is 744. The van der Waals surface area contributed by atoms with E-state index in [-0.39, 0.29) is 23.5 Å². The summed E-state index contributed by atoms with van der Waals surface area (Å²) in [6.45, 7) is -2.91. The first kappa shape index (κ1) is 17.7. The number of halogens is 2. The summed E-state index contributed by atoms with van der Waals surface area (Å²) in [4.78, 5) is 22.1. The molecule has 0 aromatic carbocycles. The van der Waals surface area contributed by atoms with Crippen LogP contribution in [0.5, 0.6) is 5.75 Å². The van der Waals surface area contributed by atoms with Gasteiger partial charge in [-0.1, -0.05) is 0 Å². The highest BCUT2D eigenvalue weighted by Crippen LogP contribution is 2.25. The minimum Gasteiger partial charge on any atom is -0.432 e. The number of rotatable bonds is 7. The number of hydrogen-bond acceptors (Lipinski definition) is 8. The third-order valence-corrected chi connectivity index (χ3v) is 3.93. The minimum atomic E-state index is -2.91. The molecule has 138 valence electrons. The van der Waals surface area contributed by atoms with Crippen LogP contribution >= 0.6 is 0 Å². The van der Waals surface area contributed by atoms with Gasteiger partial charge >= 0.3 is 6.61 Å². The first-order chi connectivity index (χ1) is 12.5. The van der Waals surface area contributed by atoms with Gasteiger partial charge in [0.1, 0.15) is 12.0 Å². The van der Waals surface area contributed by atoms with Crippen molar-refractivity contribution < 1.29 is 18.4 Å². The lowest BCUT2D eigenvalue weighted by Gasteiger charge is -2.15. The van der Waals surface area contributed by atoms with Crippen LogP contribution in [-0.4, -0.2) is 38.6 Å². The number of hydrogen-bond donors (Lipinski definition) is 2. The Hall–Kier alpha value is -3.11. The molecule has 0 saturated heterocycles. The maximum atomic E-state index is 12.1. The summed E-state index contributed by atoms with van der Waals surface area (Å²) in [6.07, 6.45) is 6.10. The molecule has 2 atom stereocenters. The summed E-state index contributed by atoms with van der Waals surface area (Å²) in [5.74, 6) is 0.817. The standard InChI is InChI=1S/C15H16F2N6O3/c16-14(17)26-12-7-19-15(20-8-12)22-10-2-1-9(5-10)21-13-4-3-11(6-18-13)23(24)25/h3-4,6-10,14H,1-2,5H2,(H,18,21)(H,19,20,22). The third-order valence-electron chi connectivity index (χ3n) is 3.93. The maximum absolute atomic E-state index is 12.1. The van der Waals surface area contributed by atoms with E-state index >= 15 is 0 Å². The number of nitrogens with zero attached hydrogens (tertiary/aromatic N) is 4. The van der Waals surface area contributed by atoms with Gasteiger partial charge in [0.25, 0.3) is 5.69 Å². The van der Waals surface area contributed by atoms with Gasteiger partial charge in [0, 0.05) is 18.2 Å². The topological polar surface area (TPSA) is 115 Å². The number of aromatic nitrogens is 3. The van der Waals surface area contributed by atoms with E-state index in [0.29, 0.717) is 11.8 Å². The Morgan fingerprint density at radius 2 is 1.81 bits per heavy atom. The molecule has 26 heavy (non-hydrogen) atoms. The summed E-state index contributed by atoms with van der Waals surface area (Å²) in [5.41, 5.74) is -0.0575. The fourth-order valence-electron chi connectivity index (χ4n) is 2.77. The van der Waals surface area contributed by atoms with Gasteiger partial charge in [0.2, 0.25) is 5.95 Å². The number of pyridine rings is 1. The molecule has 1 saturated carbocycles. The molecule has 1 aliphatic carbocycles. The third kappa shape index (κ3) is 4.71. The molecule has 0 radical (unpaired) electrons. The molecule has 0 amide bonds. The molecule has 2 unspecified atom stereocenters. The first-order valence-corrected chi connectivity index (χ1v) is 7.90. The molecule has 2 aromatic heterocycles. The largest absolute Gasteiger partial charge is 0.432 e. The predicted octanol–water partition coefficient (Wildman–Crippen LogP) is 2.83. The summed E-state index contributed by atoms with van der Waals surface area (Å²) in [7, 11) is 0. The molecule has 1 aliphatic rings. The van der Waals surface area contributed by atoms with Gasteiger partial charge in [-0.15, -0.1) is 0 Å². The first-order valence-electron chi connectivity index (χ1n) is 7.90. The Morgan fingerprint density at radius 3 is 2.38 bits per heavy atom. The van der Waals surface area contributed by atoms with Gasteiger partial charge in [-0.25, -0.2) is 15.0 Å². The van der Waals surface area contributed by atoms with Crippen LogP contribution in [0.2, 0.25) is 0 Å². The predicted molar refractivity (Wildman–Crippen MR) is 88.2 cm³/mol. The Labute approximate surface area is 147 Å². The van der Waals surface area contributed by atoms with Crippen LogP contribution in [0, 0.1) is 10.1 Å². The Kier molecular flexibility index (Phi) is 5.34. The lowest BCUT2D eigenvalue weighted by molar-refractivity contribution is -0.385. The molecule has 0 spiro atoms. The lowest BCUT2D eigenvalue weighted by Crippen LogP contribution is -2.22. The molecular weight excluding hydrogens is 350 g/mol. The SMILES string of the molecule is O=[N+]([O-])c1ccc(NC2CCC(Nc3ncc(OC(F)F)cn3)C2)nc1. The second-order valence-electron chi connectivity index (χ2n) is 5.78. The monoisotopic (exact) mass is 366 g/mol. The van der Waals surface area contributed by atoms with Crippen molar-refractivity contribution in [2.75, 3.05) is 10.6 Å². The van der Waals surface area contributed by atoms with Crippen molar-refractivity contribution in [3.63, 3.8) is 0 Å². The van der Waals surface area contributed by atoms with Crippen LogP contribution in [0.15, 0.2) is 30.7 Å². The van der Waals surface area contributed by atoms with E-state index in [9.17, 15) is 18.9 Å². The summed E-state index contributed by atoms with van der Waals surface area (Å²) >= 11 is 0. The van der Waals surface area contributed by atoms with Gasteiger partial charge < -0.3 is 15.4 Å². The van der Waals surface area contributed by atoms with Crippen molar-refractivity contribution >= 4 is 17.5 Å². The van der Waals surface area contributed by atoms with Crippen molar-refractivity contribution in [3.8, 4) is 5.75 Å². The van der Waals surface area contributed by atoms with Crippen molar-refractivity contribution in [2.24, 2.45) is 0 Å². The van der Waals surface area contributed by atoms with Crippen LogP contribution in [0.25, 0.3) is 0 Å². The second-order valence-corrected chi connectivity index (χ2v) is 5.78. The van der Waals surface area contributed by atoms with Gasteiger partial charge in [-0.2, -0.15) is 8.78 Å². The smallest absolute Gasteiger partial charge is 0.387 e. The van der Waals surface area contributed by atoms with Gasteiger partial charge in [0.15, 0.2) is 5.75 Å². The average molecular weight is 366 g/mol. The normalized spacial score (nSPS) is 19.3. The highest BCUT2D eigenvalue weighted by molar-refractivity contribution is 5.41. The van der Waals surface area contributed by atoms with Gasteiger partial charge in [-0.3, -0.25) is 10.1 Å². The van der Waals surface area contributed by atoms with E-state index in [4.69, 9.17) is 0 Å². The number of alkyl halides is 2. The van der Waals surface area contributed by atoms with E-state index in [0.717, 1.165) is 19.3 Å². The van der Waals surface area contributed by atoms with Crippen LogP contribution < -0.4 is 15.4 Å². The van der Waals surface area contributed by atoms with E-state index in [1.807, 2.05) is 0 Å². The molecular formula is C15H16F2N6O3. The molecule has 1 fully saturated rings. The number of nitro groups is 1. The fraction of sp³-hybridized carbons (Fsp3) is 0.400. The highest BCUT2D eigenvalue weighted by Gasteiger charge is 2.25. The molecule has 11 heteroatoms. The summed E-state index contributed by atoms with van der Waals surface area (Å²) in [6, 6.07) is 3.25. The van der Waals surface area contributed by atoms with Crippen LogP contribution in [-0.2, 0) is 0 Å². The second kappa shape index (κ2) is 7.85. The zero-order valence-corrected chi connectivity index (χ0v) is 13.5. The summed E-state index contributed by atoms with van der Waals surface area (Å²) in [5, 5.41) is 17.0. The van der Waals surface area contributed by atoms with Crippen molar-refractivity contribution in [1.29, 1.82) is 0 Å². The molecule has 0 aliphatic heterocycles. The van der Waals surface area contributed by atoms with E-state index in [1.165, 1.54) is 24.7 Å². The van der Waals surface area contributed by atoms with Crippen molar-refractivity contribution in [3.05, 3.63) is 40.8 Å². The minimum absolute atomic E-state index is 0.0575. The van der Waals surface area contributed by atoms with Crippen molar-refractivity contribution in [1.82, 2.24) is 15.0 Å². The van der Waals surface area contributed by atoms with Crippen LogP contribution in [0.4, 0.5) is 26.2 Å². The maximum Gasteiger partial charge on any atom is 0.387 e. The molecule has 2 N–H and O–H groups in total. The zero-order chi connectivity index (χ0) is 18.5. The zero-order valence-electron chi connectivity index (χ0n) is 13.5. The van der Waals surface area contributed by atoms with Crippen LogP contribution in [0.3, 0.4) is 0 Å². The highest BCUT2D eigenvalue weighted by atomic mass is 19.3. The molecule has 0 bridgehead atoms. The van der Waals surface area contributed by atoms with Gasteiger partial charge in [-0.05, 0) is 25.3 Å². The molecule has 2 aromatic rings. The van der Waals surface area contributed by atoms with Crippen LogP contribution in [0.1, 0.15) is 19.3 Å². The molecule has 9 nitrogen and oxygen atoms in total. The number of ether oxygens (including phenoxy) is 1. The summed E-state index contributed by atoms with van der Waals surface area (Å²) < 4.78 is 28.4.